The minimum Gasteiger partial charge on any atom is -0.166 e. The minimum absolute atomic E-state index is 0.0772. The first kappa shape index (κ1) is 18.5. The molecular formula is C22H21F3Si. The first-order valence-corrected chi connectivity index (χ1v) is 11.7. The third-order valence-corrected chi connectivity index (χ3v) is 8.88. The van der Waals surface area contributed by atoms with Crippen molar-refractivity contribution < 1.29 is 13.2 Å². The van der Waals surface area contributed by atoms with Gasteiger partial charge in [0.25, 0.3) is 0 Å². The Kier molecular flexibility index (Phi) is 5.05. The third kappa shape index (κ3) is 3.75. The molecule has 1 unspecified atom stereocenters. The third-order valence-electron chi connectivity index (χ3n) is 4.94. The molecule has 0 aliphatic carbocycles. The molecule has 0 heterocycles. The van der Waals surface area contributed by atoms with Gasteiger partial charge in [0.1, 0.15) is 0 Å². The van der Waals surface area contributed by atoms with E-state index in [1.165, 1.54) is 17.3 Å². The molecule has 0 saturated heterocycles. The molecule has 3 rings (SSSR count). The van der Waals surface area contributed by atoms with Crippen LogP contribution in [0, 0.1) is 0 Å². The summed E-state index contributed by atoms with van der Waals surface area (Å²) >= 11 is 0. The highest BCUT2D eigenvalue weighted by molar-refractivity contribution is 6.91. The summed E-state index contributed by atoms with van der Waals surface area (Å²) in [4.78, 5) is 0. The predicted octanol–water partition coefficient (Wildman–Crippen LogP) is 5.99. The Morgan fingerprint density at radius 1 is 0.654 bits per heavy atom. The van der Waals surface area contributed by atoms with Crippen LogP contribution < -0.4 is 5.19 Å². The molecule has 0 bridgehead atoms. The van der Waals surface area contributed by atoms with E-state index in [9.17, 15) is 13.2 Å². The van der Waals surface area contributed by atoms with Crippen molar-refractivity contribution in [3.8, 4) is 0 Å². The number of hydrogen-bond donors (Lipinski definition) is 0. The Hall–Kier alpha value is -2.33. The molecule has 0 spiro atoms. The van der Waals surface area contributed by atoms with Gasteiger partial charge in [-0.25, -0.2) is 0 Å². The highest BCUT2D eigenvalue weighted by Crippen LogP contribution is 2.36. The van der Waals surface area contributed by atoms with E-state index in [2.05, 4.69) is 37.4 Å². The zero-order valence-corrected chi connectivity index (χ0v) is 15.8. The van der Waals surface area contributed by atoms with Crippen LogP contribution in [0.1, 0.15) is 22.2 Å². The normalized spacial score (nSPS) is 13.4. The molecule has 134 valence electrons. The zero-order valence-electron chi connectivity index (χ0n) is 14.8. The van der Waals surface area contributed by atoms with E-state index in [1.54, 1.807) is 12.1 Å². The first-order chi connectivity index (χ1) is 12.3. The quantitative estimate of drug-likeness (QED) is 0.495. The number of hydrogen-bond acceptors (Lipinski definition) is 0. The summed E-state index contributed by atoms with van der Waals surface area (Å²) in [6, 6.07) is 26.0. The molecule has 0 fully saturated rings. The van der Waals surface area contributed by atoms with Crippen molar-refractivity contribution >= 4 is 13.3 Å². The Morgan fingerprint density at radius 2 is 1.12 bits per heavy atom. The van der Waals surface area contributed by atoms with Crippen molar-refractivity contribution in [3.63, 3.8) is 0 Å². The Labute approximate surface area is 153 Å². The lowest BCUT2D eigenvalue weighted by atomic mass is 10.0. The lowest BCUT2D eigenvalue weighted by molar-refractivity contribution is -0.137. The van der Waals surface area contributed by atoms with Crippen molar-refractivity contribution in [1.29, 1.82) is 0 Å². The van der Waals surface area contributed by atoms with Crippen LogP contribution >= 0.6 is 0 Å². The highest BCUT2D eigenvalue weighted by atomic mass is 28.3. The first-order valence-electron chi connectivity index (χ1n) is 8.58. The van der Waals surface area contributed by atoms with Crippen molar-refractivity contribution in [2.75, 3.05) is 0 Å². The molecule has 3 aromatic rings. The lowest BCUT2D eigenvalue weighted by Crippen LogP contribution is -2.48. The summed E-state index contributed by atoms with van der Waals surface area (Å²) in [7, 11) is -2.04. The fourth-order valence-corrected chi connectivity index (χ4v) is 7.01. The molecule has 0 radical (unpaired) electrons. The number of rotatable bonds is 4. The van der Waals surface area contributed by atoms with E-state index < -0.39 is 19.8 Å². The molecule has 26 heavy (non-hydrogen) atoms. The molecule has 3 aromatic carbocycles. The van der Waals surface area contributed by atoms with E-state index in [1.807, 2.05) is 36.4 Å². The summed E-state index contributed by atoms with van der Waals surface area (Å²) in [6.07, 6.45) is -4.31. The molecule has 0 amide bonds. The van der Waals surface area contributed by atoms with Gasteiger partial charge in [0.15, 0.2) is 0 Å². The topological polar surface area (TPSA) is 0 Å². The average Bonchev–Trinajstić information content (AvgIpc) is 2.63. The van der Waals surface area contributed by atoms with E-state index in [-0.39, 0.29) is 5.54 Å². The van der Waals surface area contributed by atoms with Gasteiger partial charge in [-0.3, -0.25) is 0 Å². The largest absolute Gasteiger partial charge is 0.416 e. The second-order valence-corrected chi connectivity index (χ2v) is 11.6. The van der Waals surface area contributed by atoms with Gasteiger partial charge in [-0.1, -0.05) is 91.1 Å². The van der Waals surface area contributed by atoms with Gasteiger partial charge in [-0.05, 0) is 23.3 Å². The van der Waals surface area contributed by atoms with Crippen LogP contribution in [0.3, 0.4) is 0 Å². The van der Waals surface area contributed by atoms with Crippen LogP contribution in [0.5, 0.6) is 0 Å². The van der Waals surface area contributed by atoms with Crippen LogP contribution in [-0.4, -0.2) is 8.07 Å². The predicted molar refractivity (Wildman–Crippen MR) is 103 cm³/mol. The standard InChI is InChI=1S/C22H21F3Si/c1-26(2,20-11-7-4-8-12-20)21(17-9-5-3-6-10-17)18-13-15-19(16-14-18)22(23,24)25/h3-16,21H,1-2H3. The van der Waals surface area contributed by atoms with Crippen molar-refractivity contribution in [3.05, 3.63) is 102 Å². The maximum absolute atomic E-state index is 13.0. The van der Waals surface area contributed by atoms with Gasteiger partial charge in [0.2, 0.25) is 0 Å². The SMILES string of the molecule is C[Si](C)(c1ccccc1)C(c1ccccc1)c1ccc(C(F)(F)F)cc1. The zero-order chi connectivity index (χ0) is 18.8. The molecule has 1 atom stereocenters. The van der Waals surface area contributed by atoms with Gasteiger partial charge < -0.3 is 0 Å². The summed E-state index contributed by atoms with van der Waals surface area (Å²) in [5.74, 6) is 0. The smallest absolute Gasteiger partial charge is 0.166 e. The van der Waals surface area contributed by atoms with Crippen molar-refractivity contribution in [1.82, 2.24) is 0 Å². The highest BCUT2D eigenvalue weighted by Gasteiger charge is 2.37. The molecule has 0 nitrogen and oxygen atoms in total. The Morgan fingerprint density at radius 3 is 1.62 bits per heavy atom. The van der Waals surface area contributed by atoms with Gasteiger partial charge in [0.05, 0.1) is 13.6 Å². The average molecular weight is 370 g/mol. The van der Waals surface area contributed by atoms with Gasteiger partial charge in [-0.15, -0.1) is 0 Å². The summed E-state index contributed by atoms with van der Waals surface area (Å²) < 4.78 is 38.9. The molecule has 0 aromatic heterocycles. The van der Waals surface area contributed by atoms with Crippen LogP contribution in [0.2, 0.25) is 13.1 Å². The van der Waals surface area contributed by atoms with Crippen molar-refractivity contribution in [2.24, 2.45) is 0 Å². The fourth-order valence-electron chi connectivity index (χ4n) is 3.57. The molecule has 4 heteroatoms. The van der Waals surface area contributed by atoms with E-state index in [0.29, 0.717) is 0 Å². The monoisotopic (exact) mass is 370 g/mol. The minimum atomic E-state index is -4.31. The lowest BCUT2D eigenvalue weighted by Gasteiger charge is -2.34. The maximum Gasteiger partial charge on any atom is 0.416 e. The number of halogens is 3. The summed E-state index contributed by atoms with van der Waals surface area (Å²) in [6.45, 7) is 4.55. The second kappa shape index (κ2) is 7.12. The van der Waals surface area contributed by atoms with Crippen LogP contribution in [0.25, 0.3) is 0 Å². The molecule has 0 aliphatic heterocycles. The Balaban J connectivity index is 2.11. The molecule has 0 N–H and O–H groups in total. The van der Waals surface area contributed by atoms with Gasteiger partial charge in [0, 0.05) is 5.54 Å². The summed E-state index contributed by atoms with van der Waals surface area (Å²) in [5.41, 5.74) is 1.55. The van der Waals surface area contributed by atoms with Crippen LogP contribution in [0.4, 0.5) is 13.2 Å². The number of alkyl halides is 3. The molecule has 0 aliphatic rings. The second-order valence-electron chi connectivity index (χ2n) is 7.05. The van der Waals surface area contributed by atoms with Crippen LogP contribution in [-0.2, 0) is 6.18 Å². The maximum atomic E-state index is 13.0. The van der Waals surface area contributed by atoms with Gasteiger partial charge >= 0.3 is 6.18 Å². The van der Waals surface area contributed by atoms with E-state index in [4.69, 9.17) is 0 Å². The van der Waals surface area contributed by atoms with Crippen molar-refractivity contribution in [2.45, 2.75) is 24.8 Å². The van der Waals surface area contributed by atoms with E-state index >= 15 is 0 Å². The Bertz CT molecular complexity index is 838. The fraction of sp³-hybridized carbons (Fsp3) is 0.182. The van der Waals surface area contributed by atoms with Crippen LogP contribution in [0.15, 0.2) is 84.9 Å². The summed E-state index contributed by atoms with van der Waals surface area (Å²) in [5, 5.41) is 1.29. The number of benzene rings is 3. The van der Waals surface area contributed by atoms with Gasteiger partial charge in [-0.2, -0.15) is 13.2 Å². The van der Waals surface area contributed by atoms with E-state index in [0.717, 1.165) is 11.1 Å². The molecular weight excluding hydrogens is 349 g/mol. The molecule has 0 saturated carbocycles.